The van der Waals surface area contributed by atoms with Gasteiger partial charge in [0, 0.05) is 25.3 Å². The third kappa shape index (κ3) is 5.94. The van der Waals surface area contributed by atoms with Gasteiger partial charge >= 0.3 is 0 Å². The van der Waals surface area contributed by atoms with Gasteiger partial charge in [0.1, 0.15) is 0 Å². The van der Waals surface area contributed by atoms with E-state index in [9.17, 15) is 4.79 Å². The molecule has 3 N–H and O–H groups in total. The Morgan fingerprint density at radius 1 is 1.33 bits per heavy atom. The van der Waals surface area contributed by atoms with Crippen LogP contribution in [0.4, 0.5) is 5.69 Å². The maximum Gasteiger partial charge on any atom is 0.237 e. The zero-order valence-electron chi connectivity index (χ0n) is 13.4. The first-order chi connectivity index (χ1) is 9.47. The largest absolute Gasteiger partial charge is 0.370 e. The van der Waals surface area contributed by atoms with Crippen LogP contribution in [0.3, 0.4) is 0 Å². The molecule has 0 aliphatic rings. The number of nitrogens with zero attached hydrogens (tertiary/aromatic N) is 1. The highest BCUT2D eigenvalue weighted by molar-refractivity contribution is 5.85. The number of likely N-dealkylation sites (N-methyl/N-ethyl adjacent to an activating group) is 1. The number of aryl methyl sites for hydroxylation is 1. The summed E-state index contributed by atoms with van der Waals surface area (Å²) in [5.41, 5.74) is 8.29. The minimum Gasteiger partial charge on any atom is -0.370 e. The molecule has 0 heterocycles. The van der Waals surface area contributed by atoms with Crippen LogP contribution in [-0.4, -0.2) is 31.6 Å². The van der Waals surface area contributed by atoms with Gasteiger partial charge in [0.2, 0.25) is 5.91 Å². The average molecular weight is 314 g/mol. The van der Waals surface area contributed by atoms with Crippen LogP contribution in [-0.2, 0) is 4.79 Å². The van der Waals surface area contributed by atoms with Crippen LogP contribution in [0, 0.1) is 12.8 Å². The predicted molar refractivity (Wildman–Crippen MR) is 92.1 cm³/mol. The fourth-order valence-electron chi connectivity index (χ4n) is 2.10. The van der Waals surface area contributed by atoms with Gasteiger partial charge in [-0.25, -0.2) is 0 Å². The smallest absolute Gasteiger partial charge is 0.237 e. The Bertz CT molecular complexity index is 437. The molecule has 21 heavy (non-hydrogen) atoms. The number of carbonyl (C=O) groups is 1. The van der Waals surface area contributed by atoms with E-state index in [1.807, 2.05) is 26.0 Å². The molecule has 0 aliphatic carbocycles. The lowest BCUT2D eigenvalue weighted by atomic mass is 10.1. The van der Waals surface area contributed by atoms with Gasteiger partial charge in [-0.2, -0.15) is 0 Å². The fraction of sp³-hybridized carbons (Fsp3) is 0.562. The van der Waals surface area contributed by atoms with Crippen LogP contribution < -0.4 is 16.0 Å². The molecule has 0 saturated carbocycles. The number of hydrogen-bond donors (Lipinski definition) is 2. The monoisotopic (exact) mass is 313 g/mol. The standard InChI is InChI=1S/C16H27N3O.ClH/c1-5-19(14-9-7-6-8-13(14)4)11-10-18-16(20)15(17)12(2)3;/h6-9,12,15H,5,10-11,17H2,1-4H3,(H,18,20);1H/t15-;/m0./s1. The van der Waals surface area contributed by atoms with Crippen molar-refractivity contribution in [1.82, 2.24) is 5.32 Å². The Balaban J connectivity index is 0.00000400. The number of benzene rings is 1. The molecule has 0 unspecified atom stereocenters. The number of carbonyl (C=O) groups excluding carboxylic acids is 1. The number of anilines is 1. The fourth-order valence-corrected chi connectivity index (χ4v) is 2.10. The van der Waals surface area contributed by atoms with E-state index >= 15 is 0 Å². The summed E-state index contributed by atoms with van der Waals surface area (Å²) >= 11 is 0. The zero-order valence-corrected chi connectivity index (χ0v) is 14.2. The summed E-state index contributed by atoms with van der Waals surface area (Å²) in [5.74, 6) is 0.0921. The highest BCUT2D eigenvalue weighted by atomic mass is 35.5. The molecule has 5 heteroatoms. The summed E-state index contributed by atoms with van der Waals surface area (Å²) in [6.07, 6.45) is 0. The Labute approximate surface area is 134 Å². The lowest BCUT2D eigenvalue weighted by Gasteiger charge is -2.25. The second-order valence-electron chi connectivity index (χ2n) is 5.43. The maximum atomic E-state index is 11.8. The Morgan fingerprint density at radius 2 is 1.95 bits per heavy atom. The van der Waals surface area contributed by atoms with E-state index < -0.39 is 6.04 Å². The zero-order chi connectivity index (χ0) is 15.1. The normalized spacial score (nSPS) is 11.7. The summed E-state index contributed by atoms with van der Waals surface area (Å²) in [4.78, 5) is 14.1. The molecule has 0 saturated heterocycles. The molecular formula is C16H28ClN3O. The first kappa shape index (κ1) is 19.7. The molecule has 0 bridgehead atoms. The lowest BCUT2D eigenvalue weighted by molar-refractivity contribution is -0.123. The third-order valence-corrected chi connectivity index (χ3v) is 3.54. The summed E-state index contributed by atoms with van der Waals surface area (Å²) in [6.45, 7) is 10.4. The molecule has 0 aliphatic heterocycles. The molecule has 1 atom stereocenters. The number of para-hydroxylation sites is 1. The Morgan fingerprint density at radius 3 is 2.48 bits per heavy atom. The van der Waals surface area contributed by atoms with Crippen molar-refractivity contribution in [2.45, 2.75) is 33.7 Å². The number of nitrogens with one attached hydrogen (secondary N) is 1. The SMILES string of the molecule is CCN(CCNC(=O)[C@@H](N)C(C)C)c1ccccc1C.Cl. The van der Waals surface area contributed by atoms with Crippen molar-refractivity contribution in [3.8, 4) is 0 Å². The number of nitrogens with two attached hydrogens (primary N) is 1. The molecule has 0 radical (unpaired) electrons. The van der Waals surface area contributed by atoms with E-state index in [2.05, 4.69) is 36.2 Å². The highest BCUT2D eigenvalue weighted by Crippen LogP contribution is 2.18. The summed E-state index contributed by atoms with van der Waals surface area (Å²) in [5, 5.41) is 2.91. The first-order valence-electron chi connectivity index (χ1n) is 7.31. The van der Waals surface area contributed by atoms with Gasteiger partial charge in [0.05, 0.1) is 6.04 Å². The topological polar surface area (TPSA) is 58.4 Å². The summed E-state index contributed by atoms with van der Waals surface area (Å²) in [6, 6.07) is 7.86. The van der Waals surface area contributed by atoms with Gasteiger partial charge in [0.25, 0.3) is 0 Å². The molecule has 1 aromatic carbocycles. The Kier molecular flexibility index (Phi) is 9.06. The van der Waals surface area contributed by atoms with Gasteiger partial charge in [0.15, 0.2) is 0 Å². The molecule has 1 aromatic rings. The van der Waals surface area contributed by atoms with Gasteiger partial charge in [-0.15, -0.1) is 12.4 Å². The number of rotatable bonds is 7. The summed E-state index contributed by atoms with van der Waals surface area (Å²) in [7, 11) is 0. The van der Waals surface area contributed by atoms with Crippen molar-refractivity contribution in [2.24, 2.45) is 11.7 Å². The van der Waals surface area contributed by atoms with Crippen LogP contribution in [0.1, 0.15) is 26.3 Å². The van der Waals surface area contributed by atoms with Crippen LogP contribution in [0.15, 0.2) is 24.3 Å². The van der Waals surface area contributed by atoms with E-state index in [-0.39, 0.29) is 24.2 Å². The van der Waals surface area contributed by atoms with Crippen molar-refractivity contribution in [1.29, 1.82) is 0 Å². The van der Waals surface area contributed by atoms with E-state index in [1.54, 1.807) is 0 Å². The number of hydrogen-bond acceptors (Lipinski definition) is 3. The third-order valence-electron chi connectivity index (χ3n) is 3.54. The van der Waals surface area contributed by atoms with Gasteiger partial charge < -0.3 is 16.0 Å². The van der Waals surface area contributed by atoms with Crippen LogP contribution in [0.5, 0.6) is 0 Å². The molecule has 4 nitrogen and oxygen atoms in total. The highest BCUT2D eigenvalue weighted by Gasteiger charge is 2.16. The molecule has 0 aromatic heterocycles. The van der Waals surface area contributed by atoms with Crippen LogP contribution in [0.25, 0.3) is 0 Å². The van der Waals surface area contributed by atoms with Crippen LogP contribution >= 0.6 is 12.4 Å². The van der Waals surface area contributed by atoms with Gasteiger partial charge in [-0.1, -0.05) is 32.0 Å². The van der Waals surface area contributed by atoms with Crippen molar-refractivity contribution >= 4 is 24.0 Å². The minimum atomic E-state index is -0.427. The summed E-state index contributed by atoms with van der Waals surface area (Å²) < 4.78 is 0. The number of amides is 1. The lowest BCUT2D eigenvalue weighted by Crippen LogP contribution is -2.46. The molecule has 0 fully saturated rings. The van der Waals surface area contributed by atoms with Crippen molar-refractivity contribution in [2.75, 3.05) is 24.5 Å². The van der Waals surface area contributed by atoms with Crippen LogP contribution in [0.2, 0.25) is 0 Å². The van der Waals surface area contributed by atoms with Crippen molar-refractivity contribution < 1.29 is 4.79 Å². The van der Waals surface area contributed by atoms with E-state index in [0.717, 1.165) is 13.1 Å². The molecule has 120 valence electrons. The average Bonchev–Trinajstić information content (AvgIpc) is 2.43. The van der Waals surface area contributed by atoms with E-state index in [0.29, 0.717) is 6.54 Å². The molecular weight excluding hydrogens is 286 g/mol. The molecule has 0 spiro atoms. The van der Waals surface area contributed by atoms with Gasteiger partial charge in [-0.05, 0) is 31.4 Å². The molecule has 1 amide bonds. The minimum absolute atomic E-state index is 0. The Hall–Kier alpha value is -1.26. The van der Waals surface area contributed by atoms with E-state index in [4.69, 9.17) is 5.73 Å². The van der Waals surface area contributed by atoms with E-state index in [1.165, 1.54) is 11.3 Å². The number of halogens is 1. The maximum absolute atomic E-state index is 11.8. The predicted octanol–water partition coefficient (Wildman–Crippen LogP) is 2.34. The van der Waals surface area contributed by atoms with Gasteiger partial charge in [-0.3, -0.25) is 4.79 Å². The quantitative estimate of drug-likeness (QED) is 0.812. The van der Waals surface area contributed by atoms with Crippen molar-refractivity contribution in [3.63, 3.8) is 0 Å². The second kappa shape index (κ2) is 9.64. The van der Waals surface area contributed by atoms with Crippen molar-refractivity contribution in [3.05, 3.63) is 29.8 Å². The second-order valence-corrected chi connectivity index (χ2v) is 5.43. The molecule has 1 rings (SSSR count). The first-order valence-corrected chi connectivity index (χ1v) is 7.31.